The van der Waals surface area contributed by atoms with Gasteiger partial charge in [0.25, 0.3) is 0 Å². The van der Waals surface area contributed by atoms with Crippen LogP contribution >= 0.6 is 24.0 Å². The molecule has 2 heterocycles. The van der Waals surface area contributed by atoms with Crippen LogP contribution in [0.4, 0.5) is 0 Å². The first-order valence-electron chi connectivity index (χ1n) is 10.5. The van der Waals surface area contributed by atoms with E-state index in [9.17, 15) is 0 Å². The van der Waals surface area contributed by atoms with Crippen molar-refractivity contribution in [2.24, 2.45) is 4.99 Å². The van der Waals surface area contributed by atoms with Gasteiger partial charge >= 0.3 is 0 Å². The first kappa shape index (κ1) is 23.1. The molecular weight excluding hydrogens is 503 g/mol. The Morgan fingerprint density at radius 1 is 1.06 bits per heavy atom. The standard InChI is InChI=1S/C23H28N6O.HI/c1-2-24-23(25-17-22-27-26-18-29(22)19-9-5-3-6-10-19)28-15-13-21(14-16-28)30-20-11-7-4-8-12-20;/h3-12,18,21H,2,13-17H2,1H3,(H,24,25);1H. The summed E-state index contributed by atoms with van der Waals surface area (Å²) in [5.41, 5.74) is 1.04. The van der Waals surface area contributed by atoms with Crippen LogP contribution in [-0.4, -0.2) is 51.4 Å². The maximum Gasteiger partial charge on any atom is 0.194 e. The van der Waals surface area contributed by atoms with Gasteiger partial charge in [0, 0.05) is 38.2 Å². The van der Waals surface area contributed by atoms with Crippen molar-refractivity contribution < 1.29 is 4.74 Å². The maximum absolute atomic E-state index is 6.12. The molecule has 3 aromatic rings. The van der Waals surface area contributed by atoms with Crippen LogP contribution < -0.4 is 10.1 Å². The van der Waals surface area contributed by atoms with Crippen molar-refractivity contribution in [3.05, 3.63) is 72.8 Å². The van der Waals surface area contributed by atoms with Gasteiger partial charge in [0.05, 0.1) is 0 Å². The number of rotatable bonds is 6. The van der Waals surface area contributed by atoms with Crippen LogP contribution in [0.2, 0.25) is 0 Å². The zero-order chi connectivity index (χ0) is 20.6. The fraction of sp³-hybridized carbons (Fsp3) is 0.348. The highest BCUT2D eigenvalue weighted by Crippen LogP contribution is 2.19. The molecule has 4 rings (SSSR count). The number of likely N-dealkylation sites (tertiary alicyclic amines) is 1. The smallest absolute Gasteiger partial charge is 0.194 e. The third kappa shape index (κ3) is 6.19. The highest BCUT2D eigenvalue weighted by atomic mass is 127. The molecule has 1 aliphatic heterocycles. The average Bonchev–Trinajstić information content (AvgIpc) is 3.27. The van der Waals surface area contributed by atoms with Crippen LogP contribution in [0.5, 0.6) is 5.75 Å². The van der Waals surface area contributed by atoms with Gasteiger partial charge in [-0.2, -0.15) is 0 Å². The Kier molecular flexibility index (Phi) is 8.69. The summed E-state index contributed by atoms with van der Waals surface area (Å²) in [6.45, 7) is 5.21. The highest BCUT2D eigenvalue weighted by Gasteiger charge is 2.23. The van der Waals surface area contributed by atoms with Crippen LogP contribution in [0.1, 0.15) is 25.6 Å². The Morgan fingerprint density at radius 3 is 2.42 bits per heavy atom. The SMILES string of the molecule is CCNC(=NCc1nncn1-c1ccccc1)N1CCC(Oc2ccccc2)CC1.I. The molecule has 7 nitrogen and oxygen atoms in total. The van der Waals surface area contributed by atoms with Crippen molar-refractivity contribution in [1.29, 1.82) is 0 Å². The van der Waals surface area contributed by atoms with Gasteiger partial charge in [0.2, 0.25) is 0 Å². The molecule has 31 heavy (non-hydrogen) atoms. The first-order chi connectivity index (χ1) is 14.8. The van der Waals surface area contributed by atoms with Gasteiger partial charge in [-0.25, -0.2) is 4.99 Å². The molecule has 2 aromatic carbocycles. The lowest BCUT2D eigenvalue weighted by Crippen LogP contribution is -2.47. The minimum atomic E-state index is 0. The molecule has 0 spiro atoms. The van der Waals surface area contributed by atoms with Crippen molar-refractivity contribution in [1.82, 2.24) is 25.0 Å². The van der Waals surface area contributed by atoms with E-state index in [0.29, 0.717) is 6.54 Å². The number of hydrogen-bond donors (Lipinski definition) is 1. The summed E-state index contributed by atoms with van der Waals surface area (Å²) in [6.07, 6.45) is 3.92. The third-order valence-corrected chi connectivity index (χ3v) is 5.15. The normalized spacial score (nSPS) is 14.7. The van der Waals surface area contributed by atoms with Crippen molar-refractivity contribution in [3.63, 3.8) is 0 Å². The number of hydrogen-bond acceptors (Lipinski definition) is 4. The molecule has 0 amide bonds. The molecule has 0 aliphatic carbocycles. The number of piperidine rings is 1. The van der Waals surface area contributed by atoms with E-state index in [-0.39, 0.29) is 30.1 Å². The summed E-state index contributed by atoms with van der Waals surface area (Å²) in [6, 6.07) is 20.2. The zero-order valence-corrected chi connectivity index (χ0v) is 20.1. The van der Waals surface area contributed by atoms with Gasteiger partial charge in [-0.15, -0.1) is 34.2 Å². The lowest BCUT2D eigenvalue weighted by atomic mass is 10.1. The minimum Gasteiger partial charge on any atom is -0.490 e. The van der Waals surface area contributed by atoms with E-state index in [0.717, 1.165) is 55.7 Å². The Balaban J connectivity index is 0.00000272. The summed E-state index contributed by atoms with van der Waals surface area (Å²) in [7, 11) is 0. The second-order valence-corrected chi connectivity index (χ2v) is 7.24. The Labute approximate surface area is 200 Å². The van der Waals surface area contributed by atoms with Gasteiger partial charge in [0.15, 0.2) is 11.8 Å². The number of para-hydroxylation sites is 2. The van der Waals surface area contributed by atoms with Crippen molar-refractivity contribution in [2.75, 3.05) is 19.6 Å². The summed E-state index contributed by atoms with van der Waals surface area (Å²) in [5, 5.41) is 11.8. The van der Waals surface area contributed by atoms with Gasteiger partial charge in [-0.3, -0.25) is 4.57 Å². The van der Waals surface area contributed by atoms with Crippen molar-refractivity contribution in [3.8, 4) is 11.4 Å². The predicted octanol–water partition coefficient (Wildman–Crippen LogP) is 3.89. The molecule has 1 saturated heterocycles. The number of nitrogens with zero attached hydrogens (tertiary/aromatic N) is 5. The monoisotopic (exact) mass is 532 g/mol. The molecule has 164 valence electrons. The number of aromatic nitrogens is 3. The lowest BCUT2D eigenvalue weighted by molar-refractivity contribution is 0.129. The van der Waals surface area contributed by atoms with Crippen LogP contribution in [0.25, 0.3) is 5.69 Å². The molecule has 1 fully saturated rings. The predicted molar refractivity (Wildman–Crippen MR) is 133 cm³/mol. The quantitative estimate of drug-likeness (QED) is 0.297. The van der Waals surface area contributed by atoms with E-state index in [4.69, 9.17) is 9.73 Å². The largest absolute Gasteiger partial charge is 0.490 e. The van der Waals surface area contributed by atoms with Crippen LogP contribution in [-0.2, 0) is 6.54 Å². The lowest BCUT2D eigenvalue weighted by Gasteiger charge is -2.34. The molecule has 0 saturated carbocycles. The number of nitrogens with one attached hydrogen (secondary N) is 1. The van der Waals surface area contributed by atoms with E-state index in [1.807, 2.05) is 65.2 Å². The van der Waals surface area contributed by atoms with Gasteiger partial charge in [0.1, 0.15) is 24.7 Å². The van der Waals surface area contributed by atoms with Crippen molar-refractivity contribution >= 4 is 29.9 Å². The Morgan fingerprint density at radius 2 is 1.74 bits per heavy atom. The fourth-order valence-electron chi connectivity index (χ4n) is 3.62. The number of ether oxygens (including phenoxy) is 1. The van der Waals surface area contributed by atoms with E-state index in [2.05, 4.69) is 27.3 Å². The van der Waals surface area contributed by atoms with E-state index >= 15 is 0 Å². The molecule has 0 unspecified atom stereocenters. The first-order valence-corrected chi connectivity index (χ1v) is 10.5. The highest BCUT2D eigenvalue weighted by molar-refractivity contribution is 14.0. The Bertz CT molecular complexity index is 939. The average molecular weight is 532 g/mol. The maximum atomic E-state index is 6.12. The molecule has 1 aromatic heterocycles. The molecule has 0 atom stereocenters. The molecular formula is C23H29IN6O. The third-order valence-electron chi connectivity index (χ3n) is 5.15. The number of halogens is 1. The number of aliphatic imine (C=N–C) groups is 1. The second-order valence-electron chi connectivity index (χ2n) is 7.24. The molecule has 8 heteroatoms. The summed E-state index contributed by atoms with van der Waals surface area (Å²) in [4.78, 5) is 7.15. The molecule has 1 aliphatic rings. The summed E-state index contributed by atoms with van der Waals surface area (Å²) < 4.78 is 8.10. The number of benzene rings is 2. The van der Waals surface area contributed by atoms with Crippen LogP contribution in [0.15, 0.2) is 72.0 Å². The van der Waals surface area contributed by atoms with Gasteiger partial charge in [-0.05, 0) is 31.2 Å². The van der Waals surface area contributed by atoms with Crippen LogP contribution in [0.3, 0.4) is 0 Å². The summed E-state index contributed by atoms with van der Waals surface area (Å²) in [5.74, 6) is 2.67. The van der Waals surface area contributed by atoms with Gasteiger partial charge < -0.3 is 15.0 Å². The Hall–Kier alpha value is -2.62. The second kappa shape index (κ2) is 11.7. The summed E-state index contributed by atoms with van der Waals surface area (Å²) >= 11 is 0. The van der Waals surface area contributed by atoms with E-state index < -0.39 is 0 Å². The van der Waals surface area contributed by atoms with Gasteiger partial charge in [-0.1, -0.05) is 36.4 Å². The molecule has 0 radical (unpaired) electrons. The zero-order valence-electron chi connectivity index (χ0n) is 17.7. The van der Waals surface area contributed by atoms with E-state index in [1.165, 1.54) is 0 Å². The number of guanidine groups is 1. The fourth-order valence-corrected chi connectivity index (χ4v) is 3.62. The minimum absolute atomic E-state index is 0. The molecule has 0 bridgehead atoms. The van der Waals surface area contributed by atoms with Crippen LogP contribution in [0, 0.1) is 0 Å². The topological polar surface area (TPSA) is 67.6 Å². The molecule has 1 N–H and O–H groups in total. The van der Waals surface area contributed by atoms with Crippen molar-refractivity contribution in [2.45, 2.75) is 32.4 Å². The van der Waals surface area contributed by atoms with E-state index in [1.54, 1.807) is 6.33 Å².